The Morgan fingerprint density at radius 3 is 0.903 bits per heavy atom. The van der Waals surface area contributed by atoms with Gasteiger partial charge in [-0.05, 0) is 136 Å². The second kappa shape index (κ2) is 27.8. The van der Waals surface area contributed by atoms with Gasteiger partial charge in [0, 0.05) is 60.3 Å². The van der Waals surface area contributed by atoms with E-state index in [2.05, 4.69) is 31.9 Å². The molecule has 11 N–H and O–H groups in total. The minimum atomic E-state index is -1.39. The molecule has 62 heavy (non-hydrogen) atoms. The van der Waals surface area contributed by atoms with E-state index in [1.165, 1.54) is 13.8 Å². The lowest BCUT2D eigenvalue weighted by molar-refractivity contribution is -0.123. The highest BCUT2D eigenvalue weighted by Gasteiger charge is 2.34. The molecular formula is C35H42I6N8O13. The molecule has 0 atom stereocenters. The monoisotopic (exact) mass is 1540 g/mol. The molecule has 0 unspecified atom stereocenters. The lowest BCUT2D eigenvalue weighted by Gasteiger charge is -2.27. The summed E-state index contributed by atoms with van der Waals surface area (Å²) in [6, 6.07) is 0. The Balaban J connectivity index is 2.34. The van der Waals surface area contributed by atoms with Crippen LogP contribution in [-0.4, -0.2) is 158 Å². The number of carbonyl (C=O) groups excluding carboxylic acids is 8. The summed E-state index contributed by atoms with van der Waals surface area (Å²) < 4.78 is 1.30. The van der Waals surface area contributed by atoms with Crippen LogP contribution in [0.25, 0.3) is 0 Å². The van der Waals surface area contributed by atoms with Crippen molar-refractivity contribution >= 4 is 194 Å². The first-order valence-electron chi connectivity index (χ1n) is 18.0. The normalized spacial score (nSPS) is 10.8. The fourth-order valence-corrected chi connectivity index (χ4v) is 14.7. The van der Waals surface area contributed by atoms with Gasteiger partial charge in [0.05, 0.1) is 80.4 Å². The fourth-order valence-electron chi connectivity index (χ4n) is 5.23. The maximum absolute atomic E-state index is 13.3. The van der Waals surface area contributed by atoms with E-state index in [0.717, 1.165) is 9.80 Å². The van der Waals surface area contributed by atoms with Crippen LogP contribution >= 0.6 is 136 Å². The van der Waals surface area contributed by atoms with Crippen molar-refractivity contribution in [2.45, 2.75) is 20.0 Å². The van der Waals surface area contributed by atoms with E-state index >= 15 is 0 Å². The second-order valence-corrected chi connectivity index (χ2v) is 18.9. The van der Waals surface area contributed by atoms with E-state index < -0.39 is 79.5 Å². The van der Waals surface area contributed by atoms with Gasteiger partial charge in [-0.15, -0.1) is 0 Å². The minimum absolute atomic E-state index is 0.00444. The molecule has 21 nitrogen and oxygen atoms in total. The molecule has 2 aromatic rings. The average molecular weight is 1540 g/mol. The Morgan fingerprint density at radius 2 is 0.694 bits per heavy atom. The summed E-state index contributed by atoms with van der Waals surface area (Å²) in [6.45, 7) is -1.69. The third-order valence-corrected chi connectivity index (χ3v) is 14.4. The lowest BCUT2D eigenvalue weighted by atomic mass is 10.1. The summed E-state index contributed by atoms with van der Waals surface area (Å²) >= 11 is 10.9. The van der Waals surface area contributed by atoms with E-state index in [9.17, 15) is 63.9 Å². The third-order valence-electron chi connectivity index (χ3n) is 8.06. The van der Waals surface area contributed by atoms with Crippen LogP contribution in [0.2, 0.25) is 0 Å². The Labute approximate surface area is 437 Å². The molecule has 0 aliphatic carbocycles. The number of hydrogen-bond donors (Lipinski definition) is 11. The van der Waals surface area contributed by atoms with Crippen LogP contribution in [-0.2, 0) is 19.2 Å². The van der Waals surface area contributed by atoms with E-state index in [4.69, 9.17) is 0 Å². The minimum Gasteiger partial charge on any atom is -0.395 e. The molecule has 27 heteroatoms. The van der Waals surface area contributed by atoms with Gasteiger partial charge in [0.15, 0.2) is 0 Å². The number of aliphatic hydroxyl groups excluding tert-OH is 5. The molecule has 8 amide bonds. The van der Waals surface area contributed by atoms with Crippen molar-refractivity contribution in [1.82, 2.24) is 31.9 Å². The van der Waals surface area contributed by atoms with Crippen LogP contribution in [0.3, 0.4) is 0 Å². The second-order valence-electron chi connectivity index (χ2n) is 12.5. The molecule has 0 aromatic heterocycles. The predicted molar refractivity (Wildman–Crippen MR) is 275 cm³/mol. The summed E-state index contributed by atoms with van der Waals surface area (Å²) in [5.74, 6) is -5.46. The molecule has 0 saturated heterocycles. The zero-order valence-corrected chi connectivity index (χ0v) is 45.7. The highest BCUT2D eigenvalue weighted by molar-refractivity contribution is 14.1. The first kappa shape index (κ1) is 56.5. The van der Waals surface area contributed by atoms with Crippen LogP contribution in [0.4, 0.5) is 11.4 Å². The third kappa shape index (κ3) is 15.2. The molecule has 2 rings (SSSR count). The van der Waals surface area contributed by atoms with Gasteiger partial charge >= 0.3 is 0 Å². The van der Waals surface area contributed by atoms with Crippen molar-refractivity contribution in [3.63, 3.8) is 0 Å². The number of nitrogens with zero attached hydrogens (tertiary/aromatic N) is 2. The van der Waals surface area contributed by atoms with Gasteiger partial charge in [-0.25, -0.2) is 0 Å². The molecule has 0 aliphatic rings. The van der Waals surface area contributed by atoms with Gasteiger partial charge in [0.2, 0.25) is 23.6 Å². The number of hydrogen-bond acceptors (Lipinski definition) is 13. The average Bonchev–Trinajstić information content (AvgIpc) is 3.20. The first-order valence-corrected chi connectivity index (χ1v) is 24.4. The van der Waals surface area contributed by atoms with Crippen LogP contribution < -0.4 is 41.7 Å². The molecule has 342 valence electrons. The van der Waals surface area contributed by atoms with Crippen molar-refractivity contribution < 1.29 is 63.9 Å². The molecular weight excluding hydrogens is 1500 g/mol. The van der Waals surface area contributed by atoms with Crippen molar-refractivity contribution in [3.8, 4) is 0 Å². The largest absolute Gasteiger partial charge is 0.395 e. The molecule has 0 spiro atoms. The Hall–Kier alpha value is -1.62. The molecule has 0 saturated carbocycles. The van der Waals surface area contributed by atoms with Crippen LogP contribution in [0.15, 0.2) is 0 Å². The maximum atomic E-state index is 13.3. The standard InChI is InChI=1S/C35H42I6N8O13/c1-15(54)48(30-26(38)20(32(59)42-3-7-50)24(36)21(27(30)39)33(60)43-4-8-51)13-18(57)46-11-17(56)12-47-19(58)14-49(16(2)55)31-28(40)22(34(61)44-5-9-52)25(37)23(29(31)41)35(62)45-6-10-53/h17,50-53,56H,3-14H2,1-2H3,(H,42,59)(H,43,60)(H,44,61)(H,45,62)(H,46,57)(H,47,58). The predicted octanol–water partition coefficient (Wildman–Crippen LogP) is -0.798. The number of carbonyl (C=O) groups is 8. The van der Waals surface area contributed by atoms with Crippen LogP contribution in [0, 0.1) is 21.4 Å². The fraction of sp³-hybridized carbons (Fsp3) is 0.429. The van der Waals surface area contributed by atoms with Crippen LogP contribution in [0.5, 0.6) is 0 Å². The van der Waals surface area contributed by atoms with Gasteiger partial charge in [-0.2, -0.15) is 0 Å². The van der Waals surface area contributed by atoms with Crippen molar-refractivity contribution in [3.05, 3.63) is 43.7 Å². The van der Waals surface area contributed by atoms with Crippen LogP contribution in [0.1, 0.15) is 55.3 Å². The van der Waals surface area contributed by atoms with Gasteiger partial charge < -0.3 is 67.2 Å². The number of halogens is 6. The highest BCUT2D eigenvalue weighted by Crippen LogP contribution is 2.39. The summed E-state index contributed by atoms with van der Waals surface area (Å²) in [5, 5.41) is 62.9. The molecule has 2 aromatic carbocycles. The molecule has 0 heterocycles. The van der Waals surface area contributed by atoms with E-state index in [0.29, 0.717) is 0 Å². The number of benzene rings is 2. The Morgan fingerprint density at radius 1 is 0.452 bits per heavy atom. The summed E-state index contributed by atoms with van der Waals surface area (Å²) in [5.41, 5.74) is 0.145. The number of aliphatic hydroxyl groups is 5. The summed E-state index contributed by atoms with van der Waals surface area (Å²) in [6.07, 6.45) is -1.39. The maximum Gasteiger partial charge on any atom is 0.253 e. The Kier molecular flexibility index (Phi) is 25.3. The van der Waals surface area contributed by atoms with E-state index in [1.54, 1.807) is 0 Å². The zero-order chi connectivity index (χ0) is 47.0. The topological polar surface area (TPSA) is 316 Å². The van der Waals surface area contributed by atoms with Gasteiger partial charge in [-0.1, -0.05) is 0 Å². The van der Waals surface area contributed by atoms with Gasteiger partial charge in [0.1, 0.15) is 13.1 Å². The summed E-state index contributed by atoms with van der Waals surface area (Å²) in [7, 11) is 0. The lowest BCUT2D eigenvalue weighted by Crippen LogP contribution is -2.47. The number of anilines is 2. The van der Waals surface area contributed by atoms with Gasteiger partial charge in [-0.3, -0.25) is 38.4 Å². The smallest absolute Gasteiger partial charge is 0.253 e. The Bertz CT molecular complexity index is 1830. The van der Waals surface area contributed by atoms with Crippen molar-refractivity contribution in [2.75, 3.05) is 88.6 Å². The SMILES string of the molecule is CC(=O)N(CC(=O)NCC(O)CNC(=O)CN(C(C)=O)c1c(I)c(C(=O)NCCO)c(I)c(C(=O)NCCO)c1I)c1c(I)c(C(=O)NCCO)c(I)c(C(=O)NCCO)c1I. The van der Waals surface area contributed by atoms with Gasteiger partial charge in [0.25, 0.3) is 23.6 Å². The number of nitrogens with one attached hydrogen (secondary N) is 6. The molecule has 0 bridgehead atoms. The van der Waals surface area contributed by atoms with E-state index in [1.807, 2.05) is 136 Å². The highest BCUT2D eigenvalue weighted by atomic mass is 127. The van der Waals surface area contributed by atoms with Crippen molar-refractivity contribution in [2.24, 2.45) is 0 Å². The van der Waals surface area contributed by atoms with E-state index in [-0.39, 0.29) is 108 Å². The number of amides is 8. The quantitative estimate of drug-likeness (QED) is 0.0645. The molecule has 0 aliphatic heterocycles. The first-order chi connectivity index (χ1) is 29.2. The summed E-state index contributed by atoms with van der Waals surface area (Å²) in [4.78, 5) is 108. The zero-order valence-electron chi connectivity index (χ0n) is 32.7. The number of rotatable bonds is 22. The molecule has 0 radical (unpaired) electrons. The molecule has 0 fully saturated rings. The van der Waals surface area contributed by atoms with Crippen molar-refractivity contribution in [1.29, 1.82) is 0 Å².